The molecule has 264 valence electrons. The van der Waals surface area contributed by atoms with Gasteiger partial charge in [0.05, 0.1) is 16.7 Å². The lowest BCUT2D eigenvalue weighted by molar-refractivity contribution is 0.660. The van der Waals surface area contributed by atoms with E-state index in [2.05, 4.69) is 219 Å². The summed E-state index contributed by atoms with van der Waals surface area (Å²) in [5.74, 6) is 0. The second-order valence-electron chi connectivity index (χ2n) is 15.5. The summed E-state index contributed by atoms with van der Waals surface area (Å²) < 4.78 is 2.38. The Hall–Kier alpha value is -6.64. The summed E-state index contributed by atoms with van der Waals surface area (Å²) in [6.45, 7) is 9.17. The van der Waals surface area contributed by atoms with Crippen LogP contribution in [-0.2, 0) is 5.41 Å². The summed E-state index contributed by atoms with van der Waals surface area (Å²) in [7, 11) is 0. The van der Waals surface area contributed by atoms with Crippen LogP contribution in [0, 0.1) is 13.8 Å². The smallest absolute Gasteiger partial charge is 0.0541 e. The lowest BCUT2D eigenvalue weighted by Crippen LogP contribution is -2.17. The van der Waals surface area contributed by atoms with Gasteiger partial charge < -0.3 is 9.47 Å². The van der Waals surface area contributed by atoms with Crippen LogP contribution in [0.25, 0.3) is 60.9 Å². The normalized spacial score (nSPS) is 12.9. The lowest BCUT2D eigenvalue weighted by Gasteiger charge is -2.30. The molecule has 0 saturated heterocycles. The molecular weight excluding hydrogens is 665 g/mol. The lowest BCUT2D eigenvalue weighted by atomic mass is 9.82. The largest absolute Gasteiger partial charge is 0.310 e. The van der Waals surface area contributed by atoms with Crippen LogP contribution in [0.3, 0.4) is 0 Å². The minimum absolute atomic E-state index is 0.115. The SMILES string of the molecule is Cc1ccccc1-c1ccc(N(c2ccc3c(c2)C(C)(C)c2ccccc2-3)c2ccccc2-c2ccc3c(c2)c2ccccc2n3-c2ccccc2)cc1C. The average Bonchev–Trinajstić information content (AvgIpc) is 3.67. The maximum atomic E-state index is 2.47. The Bertz CT molecular complexity index is 2930. The highest BCUT2D eigenvalue weighted by Gasteiger charge is 2.36. The molecule has 0 spiro atoms. The van der Waals surface area contributed by atoms with Crippen molar-refractivity contribution in [3.8, 4) is 39.1 Å². The van der Waals surface area contributed by atoms with E-state index in [0.29, 0.717) is 0 Å². The number of rotatable bonds is 6. The van der Waals surface area contributed by atoms with Crippen LogP contribution in [0.4, 0.5) is 17.1 Å². The quantitative estimate of drug-likeness (QED) is 0.167. The van der Waals surface area contributed by atoms with Crippen molar-refractivity contribution < 1.29 is 0 Å². The van der Waals surface area contributed by atoms with Crippen LogP contribution < -0.4 is 4.90 Å². The van der Waals surface area contributed by atoms with E-state index in [4.69, 9.17) is 0 Å². The third kappa shape index (κ3) is 5.24. The highest BCUT2D eigenvalue weighted by Crippen LogP contribution is 2.51. The first-order valence-electron chi connectivity index (χ1n) is 19.3. The topological polar surface area (TPSA) is 8.17 Å². The molecule has 8 aromatic carbocycles. The van der Waals surface area contributed by atoms with Crippen LogP contribution in [0.15, 0.2) is 182 Å². The van der Waals surface area contributed by atoms with Crippen molar-refractivity contribution in [3.63, 3.8) is 0 Å². The monoisotopic (exact) mass is 706 g/mol. The van der Waals surface area contributed by atoms with Crippen LogP contribution in [-0.4, -0.2) is 4.57 Å². The highest BCUT2D eigenvalue weighted by molar-refractivity contribution is 6.11. The van der Waals surface area contributed by atoms with Gasteiger partial charge in [0, 0.05) is 38.8 Å². The minimum Gasteiger partial charge on any atom is -0.310 e. The molecule has 0 N–H and O–H groups in total. The molecule has 0 atom stereocenters. The molecular formula is C53H42N2. The second-order valence-corrected chi connectivity index (χ2v) is 15.5. The molecule has 1 aliphatic carbocycles. The fourth-order valence-corrected chi connectivity index (χ4v) is 9.13. The van der Waals surface area contributed by atoms with Gasteiger partial charge in [0.15, 0.2) is 0 Å². The number of hydrogen-bond acceptors (Lipinski definition) is 1. The van der Waals surface area contributed by atoms with E-state index < -0.39 is 0 Å². The fraction of sp³-hybridized carbons (Fsp3) is 0.0943. The molecule has 10 rings (SSSR count). The maximum absolute atomic E-state index is 2.47. The van der Waals surface area contributed by atoms with E-state index in [9.17, 15) is 0 Å². The number of nitrogens with zero attached hydrogens (tertiary/aromatic N) is 2. The van der Waals surface area contributed by atoms with Crippen molar-refractivity contribution in [2.24, 2.45) is 0 Å². The van der Waals surface area contributed by atoms with Gasteiger partial charge >= 0.3 is 0 Å². The van der Waals surface area contributed by atoms with E-state index in [1.807, 2.05) is 0 Å². The number of aromatic nitrogens is 1. The van der Waals surface area contributed by atoms with Gasteiger partial charge in [-0.15, -0.1) is 0 Å². The molecule has 0 bridgehead atoms. The molecule has 0 saturated carbocycles. The molecule has 55 heavy (non-hydrogen) atoms. The van der Waals surface area contributed by atoms with Gasteiger partial charge in [-0.3, -0.25) is 0 Å². The number of para-hydroxylation sites is 3. The molecule has 0 aliphatic heterocycles. The molecule has 0 unspecified atom stereocenters. The number of anilines is 3. The van der Waals surface area contributed by atoms with Crippen molar-refractivity contribution in [3.05, 3.63) is 204 Å². The zero-order valence-corrected chi connectivity index (χ0v) is 31.7. The Morgan fingerprint density at radius 1 is 0.418 bits per heavy atom. The predicted molar refractivity (Wildman–Crippen MR) is 233 cm³/mol. The number of fused-ring (bicyclic) bond motifs is 6. The molecule has 9 aromatic rings. The van der Waals surface area contributed by atoms with E-state index in [-0.39, 0.29) is 5.41 Å². The van der Waals surface area contributed by atoms with Crippen LogP contribution >= 0.6 is 0 Å². The fourth-order valence-electron chi connectivity index (χ4n) is 9.13. The van der Waals surface area contributed by atoms with E-state index >= 15 is 0 Å². The Morgan fingerprint density at radius 2 is 1.02 bits per heavy atom. The van der Waals surface area contributed by atoms with E-state index in [1.165, 1.54) is 83.1 Å². The zero-order chi connectivity index (χ0) is 37.3. The van der Waals surface area contributed by atoms with Crippen molar-refractivity contribution >= 4 is 38.9 Å². The van der Waals surface area contributed by atoms with Gasteiger partial charge in [-0.25, -0.2) is 0 Å². The minimum atomic E-state index is -0.115. The summed E-state index contributed by atoms with van der Waals surface area (Å²) in [5.41, 5.74) is 19.7. The summed E-state index contributed by atoms with van der Waals surface area (Å²) in [6.07, 6.45) is 0. The average molecular weight is 707 g/mol. The maximum Gasteiger partial charge on any atom is 0.0541 e. The van der Waals surface area contributed by atoms with Crippen molar-refractivity contribution in [2.75, 3.05) is 4.90 Å². The van der Waals surface area contributed by atoms with Gasteiger partial charge in [0.25, 0.3) is 0 Å². The summed E-state index contributed by atoms with van der Waals surface area (Å²) in [6, 6.07) is 67.0. The first kappa shape index (κ1) is 33.0. The number of benzene rings is 8. The van der Waals surface area contributed by atoms with Gasteiger partial charge in [0.2, 0.25) is 0 Å². The third-order valence-electron chi connectivity index (χ3n) is 11.9. The molecule has 1 heterocycles. The summed E-state index contributed by atoms with van der Waals surface area (Å²) >= 11 is 0. The first-order chi connectivity index (χ1) is 26.9. The second kappa shape index (κ2) is 12.7. The Balaban J connectivity index is 1.18. The van der Waals surface area contributed by atoms with Gasteiger partial charge in [-0.1, -0.05) is 135 Å². The molecule has 1 aromatic heterocycles. The molecule has 0 fully saturated rings. The zero-order valence-electron chi connectivity index (χ0n) is 31.7. The Kier molecular flexibility index (Phi) is 7.64. The van der Waals surface area contributed by atoms with Crippen molar-refractivity contribution in [1.82, 2.24) is 4.57 Å². The van der Waals surface area contributed by atoms with Crippen LogP contribution in [0.5, 0.6) is 0 Å². The first-order valence-corrected chi connectivity index (χ1v) is 19.3. The molecule has 0 amide bonds. The Morgan fingerprint density at radius 3 is 1.82 bits per heavy atom. The molecule has 2 heteroatoms. The number of hydrogen-bond donors (Lipinski definition) is 0. The van der Waals surface area contributed by atoms with Crippen molar-refractivity contribution in [2.45, 2.75) is 33.1 Å². The number of aryl methyl sites for hydroxylation is 2. The van der Waals surface area contributed by atoms with Gasteiger partial charge in [-0.2, -0.15) is 0 Å². The van der Waals surface area contributed by atoms with Crippen LogP contribution in [0.1, 0.15) is 36.1 Å². The van der Waals surface area contributed by atoms with Crippen molar-refractivity contribution in [1.29, 1.82) is 0 Å². The van der Waals surface area contributed by atoms with Gasteiger partial charge in [0.1, 0.15) is 0 Å². The summed E-state index contributed by atoms with van der Waals surface area (Å²) in [4.78, 5) is 2.47. The highest BCUT2D eigenvalue weighted by atomic mass is 15.1. The summed E-state index contributed by atoms with van der Waals surface area (Å²) in [5, 5.41) is 2.49. The molecule has 2 nitrogen and oxygen atoms in total. The third-order valence-corrected chi connectivity index (χ3v) is 11.9. The van der Waals surface area contributed by atoms with Crippen LogP contribution in [0.2, 0.25) is 0 Å². The van der Waals surface area contributed by atoms with Gasteiger partial charge in [-0.05, 0) is 125 Å². The van der Waals surface area contributed by atoms with E-state index in [0.717, 1.165) is 17.1 Å². The molecule has 1 aliphatic rings. The Labute approximate surface area is 323 Å². The molecule has 0 radical (unpaired) electrons. The predicted octanol–water partition coefficient (Wildman–Crippen LogP) is 14.5. The standard InChI is InChI=1S/C53H42N2/c1-35-16-8-9-19-41(35)42-29-27-39(32-36(42)2)54(40-28-30-45-44-21-10-13-23-48(44)53(3,4)49(45)34-40)50-24-14-11-20-43(50)37-26-31-52-47(33-37)46-22-12-15-25-51(46)55(52)38-17-6-5-7-18-38/h5-34H,1-4H3. The van der Waals surface area contributed by atoms with E-state index in [1.54, 1.807) is 0 Å².